The van der Waals surface area contributed by atoms with E-state index in [9.17, 15) is 30.6 Å². The van der Waals surface area contributed by atoms with E-state index in [1.165, 1.54) is 12.1 Å². The SMILES string of the molecule is Oc1ccc(C2c3c(O)cc(O)cc3[C@@H]3c4c(O)cc(O)cc4C2[C@@H]3c2ccc(O)cc2)cc1. The Labute approximate surface area is 195 Å². The van der Waals surface area contributed by atoms with Gasteiger partial charge in [-0.2, -0.15) is 0 Å². The number of fused-ring (bicyclic) bond motifs is 7. The molecular formula is C28H22O6. The Balaban J connectivity index is 1.72. The summed E-state index contributed by atoms with van der Waals surface area (Å²) in [4.78, 5) is 0. The van der Waals surface area contributed by atoms with Crippen LogP contribution in [0.3, 0.4) is 0 Å². The van der Waals surface area contributed by atoms with Crippen LogP contribution in [0, 0.1) is 0 Å². The molecule has 0 amide bonds. The topological polar surface area (TPSA) is 121 Å². The number of aromatic hydroxyl groups is 6. The van der Waals surface area contributed by atoms with Crippen LogP contribution in [0.1, 0.15) is 57.1 Å². The van der Waals surface area contributed by atoms with E-state index in [4.69, 9.17) is 0 Å². The molecule has 2 unspecified atom stereocenters. The molecule has 0 radical (unpaired) electrons. The van der Waals surface area contributed by atoms with Gasteiger partial charge in [-0.05, 0) is 58.7 Å². The normalized spacial score (nSPS) is 22.2. The average molecular weight is 454 g/mol. The van der Waals surface area contributed by atoms with Gasteiger partial charge in [0.1, 0.15) is 34.5 Å². The van der Waals surface area contributed by atoms with E-state index in [2.05, 4.69) is 0 Å². The Hall–Kier alpha value is -4.32. The molecule has 4 aromatic rings. The largest absolute Gasteiger partial charge is 0.508 e. The van der Waals surface area contributed by atoms with Gasteiger partial charge in [0.05, 0.1) is 0 Å². The van der Waals surface area contributed by atoms with E-state index >= 15 is 0 Å². The Bertz CT molecular complexity index is 1430. The van der Waals surface area contributed by atoms with Crippen molar-refractivity contribution >= 4 is 0 Å². The van der Waals surface area contributed by atoms with Crippen LogP contribution in [-0.4, -0.2) is 30.6 Å². The summed E-state index contributed by atoms with van der Waals surface area (Å²) in [6.07, 6.45) is 0. The van der Waals surface area contributed by atoms with Gasteiger partial charge in [0.25, 0.3) is 0 Å². The van der Waals surface area contributed by atoms with Gasteiger partial charge in [-0.1, -0.05) is 24.3 Å². The molecule has 2 aliphatic rings. The molecule has 6 N–H and O–H groups in total. The van der Waals surface area contributed by atoms with Crippen molar-refractivity contribution in [3.63, 3.8) is 0 Å². The van der Waals surface area contributed by atoms with Crippen LogP contribution in [0.25, 0.3) is 0 Å². The summed E-state index contributed by atoms with van der Waals surface area (Å²) in [5.74, 6) is -1.29. The highest BCUT2D eigenvalue weighted by Gasteiger charge is 2.53. The molecule has 6 rings (SSSR count). The number of rotatable bonds is 2. The van der Waals surface area contributed by atoms with Gasteiger partial charge in [-0.25, -0.2) is 0 Å². The molecule has 0 aromatic heterocycles. The van der Waals surface area contributed by atoms with Crippen molar-refractivity contribution in [2.45, 2.75) is 23.7 Å². The zero-order chi connectivity index (χ0) is 23.7. The lowest BCUT2D eigenvalue weighted by Crippen LogP contribution is -2.26. The fraction of sp³-hybridized carbons (Fsp3) is 0.143. The molecular weight excluding hydrogens is 432 g/mol. The number of benzene rings is 4. The summed E-state index contributed by atoms with van der Waals surface area (Å²) in [5.41, 5.74) is 4.48. The summed E-state index contributed by atoms with van der Waals surface area (Å²) in [6.45, 7) is 0. The van der Waals surface area contributed by atoms with Gasteiger partial charge in [-0.3, -0.25) is 0 Å². The summed E-state index contributed by atoms with van der Waals surface area (Å²) >= 11 is 0. The second kappa shape index (κ2) is 7.09. The van der Waals surface area contributed by atoms with Crippen molar-refractivity contribution in [1.29, 1.82) is 0 Å². The standard InChI is InChI=1S/C28H22O6/c29-15-5-1-13(2-6-15)23-25-19(9-17(31)11-21(25)33)28-24(14-3-7-16(30)8-4-14)27(23)20-10-18(32)12-22(34)26(20)28/h1-12,23-24,27-34H/t23?,24-,27?,28-/m0/s1. The predicted octanol–water partition coefficient (Wildman–Crippen LogP) is 5.08. The maximum Gasteiger partial charge on any atom is 0.123 e. The lowest BCUT2D eigenvalue weighted by Gasteiger charge is -2.40. The van der Waals surface area contributed by atoms with Crippen molar-refractivity contribution < 1.29 is 30.6 Å². The molecule has 6 nitrogen and oxygen atoms in total. The molecule has 0 aliphatic heterocycles. The third-order valence-corrected chi connectivity index (χ3v) is 7.30. The second-order valence-electron chi connectivity index (χ2n) is 9.13. The van der Waals surface area contributed by atoms with Crippen LogP contribution in [0.4, 0.5) is 0 Å². The zero-order valence-electron chi connectivity index (χ0n) is 17.9. The van der Waals surface area contributed by atoms with Crippen LogP contribution < -0.4 is 0 Å². The summed E-state index contributed by atoms with van der Waals surface area (Å²) in [5, 5.41) is 62.6. The monoisotopic (exact) mass is 454 g/mol. The average Bonchev–Trinajstić information content (AvgIpc) is 3.05. The molecule has 2 aliphatic carbocycles. The molecule has 34 heavy (non-hydrogen) atoms. The highest BCUT2D eigenvalue weighted by molar-refractivity contribution is 5.68. The first-order valence-electron chi connectivity index (χ1n) is 11.0. The van der Waals surface area contributed by atoms with Gasteiger partial charge in [0, 0.05) is 46.9 Å². The summed E-state index contributed by atoms with van der Waals surface area (Å²) in [7, 11) is 0. The Morgan fingerprint density at radius 2 is 0.882 bits per heavy atom. The maximum absolute atomic E-state index is 11.0. The van der Waals surface area contributed by atoms with E-state index in [-0.39, 0.29) is 46.3 Å². The first kappa shape index (κ1) is 20.3. The maximum atomic E-state index is 11.0. The van der Waals surface area contributed by atoms with E-state index in [0.29, 0.717) is 16.7 Å². The first-order valence-corrected chi connectivity index (χ1v) is 11.0. The lowest BCUT2D eigenvalue weighted by molar-refractivity contribution is 0.406. The smallest absolute Gasteiger partial charge is 0.123 e. The van der Waals surface area contributed by atoms with Crippen LogP contribution in [0.5, 0.6) is 34.5 Å². The Morgan fingerprint density at radius 3 is 1.44 bits per heavy atom. The van der Waals surface area contributed by atoms with Gasteiger partial charge < -0.3 is 30.6 Å². The predicted molar refractivity (Wildman–Crippen MR) is 125 cm³/mol. The number of hydrogen-bond acceptors (Lipinski definition) is 6. The molecule has 0 saturated carbocycles. The summed E-state index contributed by atoms with van der Waals surface area (Å²) < 4.78 is 0. The minimum Gasteiger partial charge on any atom is -0.508 e. The quantitative estimate of drug-likeness (QED) is 0.251. The molecule has 2 bridgehead atoms. The number of phenols is 6. The molecule has 170 valence electrons. The first-order chi connectivity index (χ1) is 16.3. The van der Waals surface area contributed by atoms with Gasteiger partial charge in [0.15, 0.2) is 0 Å². The van der Waals surface area contributed by atoms with Crippen LogP contribution >= 0.6 is 0 Å². The minimum absolute atomic E-state index is 0.0496. The third-order valence-electron chi connectivity index (χ3n) is 7.30. The molecule has 0 spiro atoms. The fourth-order valence-electron chi connectivity index (χ4n) is 6.15. The molecule has 4 aromatic carbocycles. The van der Waals surface area contributed by atoms with Gasteiger partial charge >= 0.3 is 0 Å². The highest BCUT2D eigenvalue weighted by Crippen LogP contribution is 2.68. The molecule has 0 saturated heterocycles. The Morgan fingerprint density at radius 1 is 0.412 bits per heavy atom. The fourth-order valence-corrected chi connectivity index (χ4v) is 6.15. The van der Waals surface area contributed by atoms with E-state index in [1.807, 2.05) is 12.1 Å². The third kappa shape index (κ3) is 2.81. The zero-order valence-corrected chi connectivity index (χ0v) is 17.9. The molecule has 0 heterocycles. The van der Waals surface area contributed by atoms with E-state index in [1.54, 1.807) is 48.5 Å². The van der Waals surface area contributed by atoms with Crippen molar-refractivity contribution in [3.05, 3.63) is 106 Å². The molecule has 6 heteroatoms. The van der Waals surface area contributed by atoms with Gasteiger partial charge in [0.2, 0.25) is 0 Å². The van der Waals surface area contributed by atoms with Crippen LogP contribution in [0.2, 0.25) is 0 Å². The molecule has 0 fully saturated rings. The summed E-state index contributed by atoms with van der Waals surface area (Å²) in [6, 6.07) is 19.6. The second-order valence-corrected chi connectivity index (χ2v) is 9.13. The lowest BCUT2D eigenvalue weighted by atomic mass is 9.63. The highest BCUT2D eigenvalue weighted by atomic mass is 16.3. The van der Waals surface area contributed by atoms with E-state index in [0.717, 1.165) is 16.7 Å². The van der Waals surface area contributed by atoms with Crippen molar-refractivity contribution in [2.75, 3.05) is 0 Å². The van der Waals surface area contributed by atoms with E-state index < -0.39 is 11.8 Å². The van der Waals surface area contributed by atoms with Crippen molar-refractivity contribution in [3.8, 4) is 34.5 Å². The van der Waals surface area contributed by atoms with Crippen molar-refractivity contribution in [1.82, 2.24) is 0 Å². The van der Waals surface area contributed by atoms with Gasteiger partial charge in [-0.15, -0.1) is 0 Å². The van der Waals surface area contributed by atoms with Crippen molar-refractivity contribution in [2.24, 2.45) is 0 Å². The number of phenolic OH excluding ortho intramolecular Hbond substituents is 6. The Kier molecular flexibility index (Phi) is 4.23. The van der Waals surface area contributed by atoms with Crippen LogP contribution in [0.15, 0.2) is 72.8 Å². The minimum atomic E-state index is -0.397. The number of hydrogen-bond donors (Lipinski definition) is 6. The van der Waals surface area contributed by atoms with Crippen LogP contribution in [-0.2, 0) is 0 Å². The molecule has 4 atom stereocenters.